The number of carbonyl (C=O) groups is 1. The molecule has 7 heteroatoms. The van der Waals surface area contributed by atoms with E-state index in [-0.39, 0.29) is 12.1 Å². The summed E-state index contributed by atoms with van der Waals surface area (Å²) in [5.74, 6) is 0. The molecule has 1 N–H and O–H groups in total. The van der Waals surface area contributed by atoms with Gasteiger partial charge in [-0.15, -0.1) is 0 Å². The second kappa shape index (κ2) is 8.83. The van der Waals surface area contributed by atoms with Crippen molar-refractivity contribution in [2.45, 2.75) is 13.0 Å². The molecule has 1 atom stereocenters. The average molecular weight is 408 g/mol. The third-order valence-electron chi connectivity index (χ3n) is 4.81. The van der Waals surface area contributed by atoms with Crippen LogP contribution in [-0.2, 0) is 4.74 Å². The fourth-order valence-electron chi connectivity index (χ4n) is 3.09. The Labute approximate surface area is 169 Å². The lowest BCUT2D eigenvalue weighted by molar-refractivity contribution is 0.123. The van der Waals surface area contributed by atoms with Gasteiger partial charge in [-0.3, -0.25) is 0 Å². The van der Waals surface area contributed by atoms with E-state index in [9.17, 15) is 4.79 Å². The van der Waals surface area contributed by atoms with E-state index in [1.165, 1.54) is 0 Å². The Balaban J connectivity index is 1.79. The smallest absolute Gasteiger partial charge is 0.322 e. The summed E-state index contributed by atoms with van der Waals surface area (Å²) < 4.78 is 5.42. The Morgan fingerprint density at radius 2 is 1.89 bits per heavy atom. The summed E-state index contributed by atoms with van der Waals surface area (Å²) in [4.78, 5) is 16.7. The lowest BCUT2D eigenvalue weighted by Gasteiger charge is -2.32. The van der Waals surface area contributed by atoms with Gasteiger partial charge < -0.3 is 19.9 Å². The van der Waals surface area contributed by atoms with Gasteiger partial charge in [0.05, 0.1) is 30.6 Å². The average Bonchev–Trinajstić information content (AvgIpc) is 2.68. The monoisotopic (exact) mass is 407 g/mol. The topological polar surface area (TPSA) is 44.8 Å². The minimum absolute atomic E-state index is 0.176. The van der Waals surface area contributed by atoms with Crippen LogP contribution in [0.3, 0.4) is 0 Å². The van der Waals surface area contributed by atoms with Gasteiger partial charge in [-0.1, -0.05) is 41.4 Å². The number of hydrogen-bond donors (Lipinski definition) is 1. The van der Waals surface area contributed by atoms with Crippen LogP contribution in [0.4, 0.5) is 16.2 Å². The molecule has 0 aromatic heterocycles. The Morgan fingerprint density at radius 3 is 2.59 bits per heavy atom. The van der Waals surface area contributed by atoms with Crippen molar-refractivity contribution >= 4 is 40.6 Å². The number of carbonyl (C=O) groups excluding carboxylic acids is 1. The number of rotatable bonds is 4. The molecule has 0 bridgehead atoms. The highest BCUT2D eigenvalue weighted by atomic mass is 35.5. The van der Waals surface area contributed by atoms with Gasteiger partial charge in [0.2, 0.25) is 0 Å². The summed E-state index contributed by atoms with van der Waals surface area (Å²) >= 11 is 12.5. The van der Waals surface area contributed by atoms with Gasteiger partial charge in [0.25, 0.3) is 0 Å². The Hall–Kier alpha value is -1.95. The number of nitrogens with zero attached hydrogens (tertiary/aromatic N) is 2. The number of ether oxygens (including phenoxy) is 1. The fraction of sp³-hybridized carbons (Fsp3) is 0.350. The zero-order chi connectivity index (χ0) is 19.4. The van der Waals surface area contributed by atoms with Crippen LogP contribution in [0.1, 0.15) is 18.5 Å². The molecular formula is C20H23Cl2N3O2. The van der Waals surface area contributed by atoms with Crippen molar-refractivity contribution in [1.82, 2.24) is 4.90 Å². The molecule has 1 fully saturated rings. The first kappa shape index (κ1) is 19.8. The highest BCUT2D eigenvalue weighted by Crippen LogP contribution is 2.31. The van der Waals surface area contributed by atoms with E-state index in [0.29, 0.717) is 28.9 Å². The predicted octanol–water partition coefficient (Wildman–Crippen LogP) is 5.05. The maximum absolute atomic E-state index is 12.9. The number of hydrogen-bond acceptors (Lipinski definition) is 3. The van der Waals surface area contributed by atoms with Crippen molar-refractivity contribution in [2.75, 3.05) is 43.6 Å². The van der Waals surface area contributed by atoms with Crippen LogP contribution < -0.4 is 10.2 Å². The van der Waals surface area contributed by atoms with Crippen molar-refractivity contribution in [3.05, 3.63) is 58.1 Å². The standard InChI is InChI=1S/C20H23Cl2N3O2/c1-14(16-5-3-4-6-17(16)22)24(2)20(26)23-18-13-15(21)7-8-19(18)25-9-11-27-12-10-25/h3-8,13-14H,9-12H2,1-2H3,(H,23,26). The number of benzene rings is 2. The fourth-order valence-corrected chi connectivity index (χ4v) is 3.56. The van der Waals surface area contributed by atoms with Gasteiger partial charge in [0.15, 0.2) is 0 Å². The Kier molecular flexibility index (Phi) is 6.47. The highest BCUT2D eigenvalue weighted by molar-refractivity contribution is 6.31. The van der Waals surface area contributed by atoms with Gasteiger partial charge in [-0.05, 0) is 36.8 Å². The molecule has 5 nitrogen and oxygen atoms in total. The first-order valence-corrected chi connectivity index (χ1v) is 9.63. The normalized spacial score (nSPS) is 15.3. The molecule has 1 saturated heterocycles. The van der Waals surface area contributed by atoms with E-state index < -0.39 is 0 Å². The number of halogens is 2. The molecule has 1 heterocycles. The summed E-state index contributed by atoms with van der Waals surface area (Å²) in [5, 5.41) is 4.21. The van der Waals surface area contributed by atoms with E-state index >= 15 is 0 Å². The van der Waals surface area contributed by atoms with E-state index in [0.717, 1.165) is 24.3 Å². The maximum atomic E-state index is 12.9. The third-order valence-corrected chi connectivity index (χ3v) is 5.39. The van der Waals surface area contributed by atoms with Crippen molar-refractivity contribution in [1.29, 1.82) is 0 Å². The van der Waals surface area contributed by atoms with Gasteiger partial charge >= 0.3 is 6.03 Å². The van der Waals surface area contributed by atoms with E-state index in [1.807, 2.05) is 43.3 Å². The molecule has 0 spiro atoms. The Morgan fingerprint density at radius 1 is 1.19 bits per heavy atom. The number of morpholine rings is 1. The van der Waals surface area contributed by atoms with Crippen LogP contribution >= 0.6 is 23.2 Å². The van der Waals surface area contributed by atoms with Crippen LogP contribution in [0.5, 0.6) is 0 Å². The maximum Gasteiger partial charge on any atom is 0.322 e. The second-order valence-electron chi connectivity index (χ2n) is 6.50. The second-order valence-corrected chi connectivity index (χ2v) is 7.34. The van der Waals surface area contributed by atoms with Gasteiger partial charge in [-0.25, -0.2) is 4.79 Å². The van der Waals surface area contributed by atoms with Crippen LogP contribution in [0, 0.1) is 0 Å². The predicted molar refractivity (Wildman–Crippen MR) is 111 cm³/mol. The van der Waals surface area contributed by atoms with Crippen molar-refractivity contribution in [3.8, 4) is 0 Å². The molecule has 3 rings (SSSR count). The van der Waals surface area contributed by atoms with Crippen molar-refractivity contribution in [2.24, 2.45) is 0 Å². The first-order valence-electron chi connectivity index (χ1n) is 8.88. The SMILES string of the molecule is CC(c1ccccc1Cl)N(C)C(=O)Nc1cc(Cl)ccc1N1CCOCC1. The summed E-state index contributed by atoms with van der Waals surface area (Å²) in [6.45, 7) is 4.83. The summed E-state index contributed by atoms with van der Waals surface area (Å²) in [6, 6.07) is 12.7. The zero-order valence-electron chi connectivity index (χ0n) is 15.4. The zero-order valence-corrected chi connectivity index (χ0v) is 16.9. The Bertz CT molecular complexity index is 810. The summed E-state index contributed by atoms with van der Waals surface area (Å²) in [5.41, 5.74) is 2.53. The molecule has 2 amide bonds. The molecule has 1 aliphatic heterocycles. The minimum atomic E-state index is -0.223. The van der Waals surface area contributed by atoms with Crippen LogP contribution in [0.2, 0.25) is 10.0 Å². The van der Waals surface area contributed by atoms with Gasteiger partial charge in [0, 0.05) is 30.2 Å². The molecular weight excluding hydrogens is 385 g/mol. The third kappa shape index (κ3) is 4.67. The number of anilines is 2. The van der Waals surface area contributed by atoms with Gasteiger partial charge in [0.1, 0.15) is 0 Å². The van der Waals surface area contributed by atoms with Crippen LogP contribution in [0.15, 0.2) is 42.5 Å². The number of amides is 2. The lowest BCUT2D eigenvalue weighted by Crippen LogP contribution is -2.38. The summed E-state index contributed by atoms with van der Waals surface area (Å²) in [6.07, 6.45) is 0. The summed E-state index contributed by atoms with van der Waals surface area (Å²) in [7, 11) is 1.75. The largest absolute Gasteiger partial charge is 0.378 e. The van der Waals surface area contributed by atoms with Gasteiger partial charge in [-0.2, -0.15) is 0 Å². The first-order chi connectivity index (χ1) is 13.0. The molecule has 2 aromatic rings. The molecule has 0 saturated carbocycles. The molecule has 27 heavy (non-hydrogen) atoms. The van der Waals surface area contributed by atoms with Crippen molar-refractivity contribution in [3.63, 3.8) is 0 Å². The molecule has 1 aliphatic rings. The van der Waals surface area contributed by atoms with Crippen molar-refractivity contribution < 1.29 is 9.53 Å². The minimum Gasteiger partial charge on any atom is -0.378 e. The van der Waals surface area contributed by atoms with Crippen LogP contribution in [0.25, 0.3) is 0 Å². The van der Waals surface area contributed by atoms with E-state index in [1.54, 1.807) is 18.0 Å². The molecule has 1 unspecified atom stereocenters. The van der Waals surface area contributed by atoms with Crippen LogP contribution in [-0.4, -0.2) is 44.3 Å². The molecule has 0 radical (unpaired) electrons. The number of nitrogens with one attached hydrogen (secondary N) is 1. The lowest BCUT2D eigenvalue weighted by atomic mass is 10.1. The molecule has 2 aromatic carbocycles. The molecule has 144 valence electrons. The van der Waals surface area contributed by atoms with E-state index in [4.69, 9.17) is 27.9 Å². The molecule has 0 aliphatic carbocycles. The highest BCUT2D eigenvalue weighted by Gasteiger charge is 2.22. The number of urea groups is 1. The quantitative estimate of drug-likeness (QED) is 0.770. The van der Waals surface area contributed by atoms with E-state index in [2.05, 4.69) is 10.2 Å².